The van der Waals surface area contributed by atoms with Crippen LogP contribution in [0, 0.1) is 5.92 Å². The molecule has 1 aliphatic rings. The number of carboxylic acids is 1. The summed E-state index contributed by atoms with van der Waals surface area (Å²) < 4.78 is 0. The number of carbonyl (C=O) groups excluding carboxylic acids is 2. The Morgan fingerprint density at radius 1 is 1.19 bits per heavy atom. The average Bonchev–Trinajstić information content (AvgIpc) is 2.65. The number of anilines is 2. The maximum atomic E-state index is 12.4. The van der Waals surface area contributed by atoms with Crippen molar-refractivity contribution in [1.82, 2.24) is 0 Å². The van der Waals surface area contributed by atoms with Crippen LogP contribution in [0.4, 0.5) is 11.4 Å². The van der Waals surface area contributed by atoms with Crippen molar-refractivity contribution in [3.63, 3.8) is 0 Å². The van der Waals surface area contributed by atoms with Crippen molar-refractivity contribution in [3.8, 4) is 0 Å². The molecule has 27 heavy (non-hydrogen) atoms. The molecule has 1 atom stereocenters. The van der Waals surface area contributed by atoms with Crippen molar-refractivity contribution >= 4 is 40.9 Å². The minimum atomic E-state index is -0.836. The molecule has 0 saturated heterocycles. The molecular weight excluding hydrogens is 364 g/mol. The fourth-order valence-electron chi connectivity index (χ4n) is 2.84. The highest BCUT2D eigenvalue weighted by Crippen LogP contribution is 2.34. The Bertz CT molecular complexity index is 867. The molecule has 1 aliphatic heterocycles. The van der Waals surface area contributed by atoms with E-state index in [0.717, 1.165) is 16.1 Å². The van der Waals surface area contributed by atoms with Crippen LogP contribution in [-0.2, 0) is 20.8 Å². The van der Waals surface area contributed by atoms with E-state index in [9.17, 15) is 14.4 Å². The number of nitrogens with one attached hydrogen (secondary N) is 1. The van der Waals surface area contributed by atoms with Crippen LogP contribution in [0.5, 0.6) is 0 Å². The summed E-state index contributed by atoms with van der Waals surface area (Å²) in [6.07, 6.45) is 0.431. The monoisotopic (exact) mass is 384 g/mol. The topological polar surface area (TPSA) is 86.7 Å². The molecule has 7 heteroatoms. The second-order valence-corrected chi connectivity index (χ2v) is 7.44. The van der Waals surface area contributed by atoms with Gasteiger partial charge in [0.05, 0.1) is 17.4 Å². The van der Waals surface area contributed by atoms with Gasteiger partial charge in [-0.15, -0.1) is 11.8 Å². The van der Waals surface area contributed by atoms with Crippen LogP contribution in [0.1, 0.15) is 12.5 Å². The Kier molecular flexibility index (Phi) is 5.81. The van der Waals surface area contributed by atoms with E-state index in [1.54, 1.807) is 31.2 Å². The second-order valence-electron chi connectivity index (χ2n) is 6.42. The van der Waals surface area contributed by atoms with Crippen LogP contribution >= 0.6 is 11.8 Å². The number of nitrogens with zero attached hydrogens (tertiary/aromatic N) is 1. The number of rotatable bonds is 6. The van der Waals surface area contributed by atoms with Gasteiger partial charge in [0.15, 0.2) is 0 Å². The van der Waals surface area contributed by atoms with Gasteiger partial charge in [0.25, 0.3) is 0 Å². The molecule has 2 amide bonds. The maximum Gasteiger partial charge on any atom is 0.306 e. The molecule has 1 unspecified atom stereocenters. The summed E-state index contributed by atoms with van der Waals surface area (Å²) >= 11 is 1.48. The molecule has 0 saturated carbocycles. The van der Waals surface area contributed by atoms with Gasteiger partial charge in [-0.05, 0) is 36.2 Å². The quantitative estimate of drug-likeness (QED) is 0.799. The zero-order valence-electron chi connectivity index (χ0n) is 14.8. The first-order valence-electron chi connectivity index (χ1n) is 8.58. The third-order valence-corrected chi connectivity index (χ3v) is 5.36. The largest absolute Gasteiger partial charge is 0.481 e. The van der Waals surface area contributed by atoms with Crippen LogP contribution in [0.25, 0.3) is 0 Å². The minimum absolute atomic E-state index is 0.0474. The molecule has 2 N–H and O–H groups in total. The minimum Gasteiger partial charge on any atom is -0.481 e. The number of carbonyl (C=O) groups is 3. The van der Waals surface area contributed by atoms with Crippen LogP contribution < -0.4 is 10.2 Å². The molecule has 1 heterocycles. The van der Waals surface area contributed by atoms with E-state index in [0.29, 0.717) is 17.9 Å². The van der Waals surface area contributed by atoms with Gasteiger partial charge >= 0.3 is 5.97 Å². The lowest BCUT2D eigenvalue weighted by Gasteiger charge is -2.28. The molecule has 2 aromatic carbocycles. The van der Waals surface area contributed by atoms with E-state index in [2.05, 4.69) is 5.32 Å². The van der Waals surface area contributed by atoms with Gasteiger partial charge in [0.2, 0.25) is 11.8 Å². The van der Waals surface area contributed by atoms with E-state index < -0.39 is 11.9 Å². The van der Waals surface area contributed by atoms with Crippen molar-refractivity contribution in [3.05, 3.63) is 54.1 Å². The van der Waals surface area contributed by atoms with E-state index >= 15 is 0 Å². The molecule has 0 aromatic heterocycles. The fourth-order valence-corrected chi connectivity index (χ4v) is 3.77. The highest BCUT2D eigenvalue weighted by atomic mass is 32.2. The molecule has 0 spiro atoms. The molecule has 140 valence electrons. The Labute approximate surface area is 161 Å². The molecule has 6 nitrogen and oxygen atoms in total. The third-order valence-electron chi connectivity index (χ3n) is 4.31. The lowest BCUT2D eigenvalue weighted by atomic mass is 10.0. The van der Waals surface area contributed by atoms with Crippen molar-refractivity contribution in [2.24, 2.45) is 5.92 Å². The van der Waals surface area contributed by atoms with Crippen LogP contribution in [-0.4, -0.2) is 35.2 Å². The predicted octanol–water partition coefficient (Wildman–Crippen LogP) is 3.03. The number of benzene rings is 2. The Morgan fingerprint density at radius 3 is 2.59 bits per heavy atom. The van der Waals surface area contributed by atoms with Gasteiger partial charge < -0.3 is 15.3 Å². The van der Waals surface area contributed by atoms with Crippen LogP contribution in [0.3, 0.4) is 0 Å². The average molecular weight is 384 g/mol. The number of hydrogen-bond acceptors (Lipinski definition) is 4. The summed E-state index contributed by atoms with van der Waals surface area (Å²) in [5.74, 6) is -1.35. The molecule has 0 fully saturated rings. The number of fused-ring (bicyclic) bond motifs is 1. The summed E-state index contributed by atoms with van der Waals surface area (Å²) in [4.78, 5) is 38.0. The summed E-state index contributed by atoms with van der Waals surface area (Å²) in [5.41, 5.74) is 2.26. The molecule has 0 bridgehead atoms. The standard InChI is InChI=1S/C20H20N2O4S/c1-13(20(25)26)10-14-6-8-15(9-7-14)21-18(23)11-22-16-4-2-3-5-17(16)27-12-19(22)24/h2-9,13H,10-12H2,1H3,(H,21,23)(H,25,26). The Balaban J connectivity index is 1.63. The van der Waals surface area contributed by atoms with Crippen molar-refractivity contribution < 1.29 is 19.5 Å². The summed E-state index contributed by atoms with van der Waals surface area (Å²) in [7, 11) is 0. The SMILES string of the molecule is CC(Cc1ccc(NC(=O)CN2C(=O)CSc3ccccc32)cc1)C(=O)O. The number of hydrogen-bond donors (Lipinski definition) is 2. The van der Waals surface area contributed by atoms with Crippen LogP contribution in [0.2, 0.25) is 0 Å². The van der Waals surface area contributed by atoms with E-state index in [1.807, 2.05) is 24.3 Å². The highest BCUT2D eigenvalue weighted by Gasteiger charge is 2.26. The van der Waals surface area contributed by atoms with Crippen molar-refractivity contribution in [1.29, 1.82) is 0 Å². The number of carboxylic acid groups (broad SMARTS) is 1. The smallest absolute Gasteiger partial charge is 0.306 e. The van der Waals surface area contributed by atoms with Gasteiger partial charge in [-0.2, -0.15) is 0 Å². The highest BCUT2D eigenvalue weighted by molar-refractivity contribution is 8.00. The van der Waals surface area contributed by atoms with Gasteiger partial charge in [0.1, 0.15) is 6.54 Å². The molecule has 0 aliphatic carbocycles. The van der Waals surface area contributed by atoms with E-state index in [-0.39, 0.29) is 18.4 Å². The molecule has 0 radical (unpaired) electrons. The van der Waals surface area contributed by atoms with E-state index in [4.69, 9.17) is 5.11 Å². The Hall–Kier alpha value is -2.80. The van der Waals surface area contributed by atoms with Crippen molar-refractivity contribution in [2.75, 3.05) is 22.5 Å². The van der Waals surface area contributed by atoms with Crippen molar-refractivity contribution in [2.45, 2.75) is 18.2 Å². The van der Waals surface area contributed by atoms with Gasteiger partial charge in [-0.3, -0.25) is 14.4 Å². The first-order valence-corrected chi connectivity index (χ1v) is 9.56. The number of thioether (sulfide) groups is 1. The lowest BCUT2D eigenvalue weighted by molar-refractivity contribution is -0.141. The van der Waals surface area contributed by atoms with Gasteiger partial charge in [-0.1, -0.05) is 31.2 Å². The lowest BCUT2D eigenvalue weighted by Crippen LogP contribution is -2.41. The maximum absolute atomic E-state index is 12.4. The number of aliphatic carboxylic acids is 1. The van der Waals surface area contributed by atoms with Crippen LogP contribution in [0.15, 0.2) is 53.4 Å². The summed E-state index contributed by atoms with van der Waals surface area (Å²) in [5, 5.41) is 11.8. The first-order chi connectivity index (χ1) is 12.9. The normalized spacial score (nSPS) is 14.4. The molecule has 3 rings (SSSR count). The van der Waals surface area contributed by atoms with Gasteiger partial charge in [0, 0.05) is 10.6 Å². The second kappa shape index (κ2) is 8.26. The van der Waals surface area contributed by atoms with E-state index in [1.165, 1.54) is 16.7 Å². The molecular formula is C20H20N2O4S. The fraction of sp³-hybridized carbons (Fsp3) is 0.250. The Morgan fingerprint density at radius 2 is 1.89 bits per heavy atom. The molecule has 2 aromatic rings. The zero-order valence-corrected chi connectivity index (χ0v) is 15.7. The predicted molar refractivity (Wildman–Crippen MR) is 105 cm³/mol. The zero-order chi connectivity index (χ0) is 19.4. The third kappa shape index (κ3) is 4.68. The summed E-state index contributed by atoms with van der Waals surface area (Å²) in [6.45, 7) is 1.61. The van der Waals surface area contributed by atoms with Gasteiger partial charge in [-0.25, -0.2) is 0 Å². The number of para-hydroxylation sites is 1. The number of amides is 2. The first kappa shape index (κ1) is 19.0. The summed E-state index contributed by atoms with van der Waals surface area (Å²) in [6, 6.07) is 14.6.